The van der Waals surface area contributed by atoms with E-state index in [0.29, 0.717) is 9.47 Å². The molecule has 0 bridgehead atoms. The molecule has 0 unspecified atom stereocenters. The van der Waals surface area contributed by atoms with Crippen LogP contribution in [0.5, 0.6) is 0 Å². The lowest BCUT2D eigenvalue weighted by Gasteiger charge is -2.04. The van der Waals surface area contributed by atoms with Crippen LogP contribution in [0.2, 0.25) is 4.34 Å². The molecule has 0 aliphatic carbocycles. The van der Waals surface area contributed by atoms with Crippen LogP contribution in [-0.4, -0.2) is 31.1 Å². The third kappa shape index (κ3) is 4.45. The Morgan fingerprint density at radius 2 is 2.10 bits per heavy atom. The molecule has 0 atom stereocenters. The van der Waals surface area contributed by atoms with Gasteiger partial charge in [0.2, 0.25) is 11.0 Å². The topological polar surface area (TPSA) is 101 Å². The van der Waals surface area contributed by atoms with Gasteiger partial charge in [-0.1, -0.05) is 29.9 Å². The Balaban J connectivity index is 1.91. The molecule has 114 valence electrons. The van der Waals surface area contributed by atoms with Gasteiger partial charge in [-0.15, -0.1) is 21.5 Å². The molecular weight excluding hydrogens is 356 g/mol. The average Bonchev–Trinajstić information content (AvgIpc) is 3.06. The number of carbonyl (C=O) groups is 1. The van der Waals surface area contributed by atoms with Gasteiger partial charge in [-0.25, -0.2) is 13.1 Å². The van der Waals surface area contributed by atoms with Gasteiger partial charge in [0, 0.05) is 0 Å². The second kappa shape index (κ2) is 6.79. The summed E-state index contributed by atoms with van der Waals surface area (Å²) in [6.07, 6.45) is 0.722. The number of sulfonamides is 1. The lowest BCUT2D eigenvalue weighted by Crippen LogP contribution is -2.32. The maximum Gasteiger partial charge on any atom is 0.250 e. The zero-order valence-corrected chi connectivity index (χ0v) is 14.0. The van der Waals surface area contributed by atoms with Crippen molar-refractivity contribution in [2.24, 2.45) is 0 Å². The number of rotatable bonds is 6. The maximum absolute atomic E-state index is 11.9. The molecule has 0 spiro atoms. The van der Waals surface area contributed by atoms with E-state index in [2.05, 4.69) is 20.2 Å². The van der Waals surface area contributed by atoms with Gasteiger partial charge in [-0.05, 0) is 18.6 Å². The number of nitrogens with zero attached hydrogens (tertiary/aromatic N) is 2. The molecule has 1 amide bonds. The highest BCUT2D eigenvalue weighted by atomic mass is 35.5. The molecule has 2 heterocycles. The fraction of sp³-hybridized carbons (Fsp3) is 0.300. The highest BCUT2D eigenvalue weighted by molar-refractivity contribution is 7.91. The van der Waals surface area contributed by atoms with Crippen LogP contribution < -0.4 is 10.0 Å². The van der Waals surface area contributed by atoms with Crippen LogP contribution in [-0.2, 0) is 21.2 Å². The highest BCUT2D eigenvalue weighted by Gasteiger charge is 2.18. The lowest BCUT2D eigenvalue weighted by atomic mass is 10.5. The van der Waals surface area contributed by atoms with Gasteiger partial charge in [0.25, 0.3) is 10.0 Å². The van der Waals surface area contributed by atoms with Crippen molar-refractivity contribution in [3.63, 3.8) is 0 Å². The predicted molar refractivity (Wildman–Crippen MR) is 82.4 cm³/mol. The zero-order valence-electron chi connectivity index (χ0n) is 10.8. The van der Waals surface area contributed by atoms with Gasteiger partial charge >= 0.3 is 0 Å². The Labute approximate surface area is 134 Å². The molecule has 21 heavy (non-hydrogen) atoms. The number of aromatic nitrogens is 2. The number of hydrogen-bond donors (Lipinski definition) is 2. The third-order valence-electron chi connectivity index (χ3n) is 2.25. The Kier molecular flexibility index (Phi) is 5.27. The first kappa shape index (κ1) is 16.3. The van der Waals surface area contributed by atoms with Crippen molar-refractivity contribution >= 4 is 55.3 Å². The lowest BCUT2D eigenvalue weighted by molar-refractivity contribution is -0.115. The summed E-state index contributed by atoms with van der Waals surface area (Å²) in [6.45, 7) is 1.53. The molecule has 0 saturated carbocycles. The minimum absolute atomic E-state index is 0.0597. The van der Waals surface area contributed by atoms with Gasteiger partial charge in [-0.2, -0.15) is 0 Å². The second-order valence-corrected chi connectivity index (χ2v) is 8.56. The summed E-state index contributed by atoms with van der Waals surface area (Å²) in [4.78, 5) is 11.7. The molecule has 0 aliphatic heterocycles. The van der Waals surface area contributed by atoms with Crippen molar-refractivity contribution in [1.82, 2.24) is 14.9 Å². The SMILES string of the molecule is CCc1nnc(NC(=O)CNS(=O)(=O)c2ccc(Cl)s2)s1. The summed E-state index contributed by atoms with van der Waals surface area (Å²) in [5.41, 5.74) is 0. The van der Waals surface area contributed by atoms with E-state index in [4.69, 9.17) is 11.6 Å². The highest BCUT2D eigenvalue weighted by Crippen LogP contribution is 2.25. The minimum Gasteiger partial charge on any atom is -0.299 e. The van der Waals surface area contributed by atoms with E-state index in [1.807, 2.05) is 6.92 Å². The van der Waals surface area contributed by atoms with Crippen LogP contribution in [0.3, 0.4) is 0 Å². The fourth-order valence-electron chi connectivity index (χ4n) is 1.28. The van der Waals surface area contributed by atoms with Crippen LogP contribution in [0.15, 0.2) is 16.3 Å². The van der Waals surface area contributed by atoms with Crippen molar-refractivity contribution in [1.29, 1.82) is 0 Å². The molecule has 0 aliphatic rings. The van der Waals surface area contributed by atoms with Crippen LogP contribution in [0, 0.1) is 0 Å². The third-order valence-corrected chi connectivity index (χ3v) is 6.36. The quantitative estimate of drug-likeness (QED) is 0.810. The summed E-state index contributed by atoms with van der Waals surface area (Å²) in [5.74, 6) is -0.514. The first-order valence-corrected chi connectivity index (χ1v) is 9.27. The monoisotopic (exact) mass is 366 g/mol. The van der Waals surface area contributed by atoms with Crippen molar-refractivity contribution in [3.8, 4) is 0 Å². The largest absolute Gasteiger partial charge is 0.299 e. The number of hydrogen-bond acceptors (Lipinski definition) is 7. The van der Waals surface area contributed by atoms with Crippen molar-refractivity contribution in [2.45, 2.75) is 17.6 Å². The molecule has 2 N–H and O–H groups in total. The standard InChI is InChI=1S/C10H11ClN4O3S3/c1-2-8-14-15-10(20-8)13-7(16)5-12-21(17,18)9-4-3-6(11)19-9/h3-4,12H,2,5H2,1H3,(H,13,15,16). The van der Waals surface area contributed by atoms with Crippen LogP contribution in [0.4, 0.5) is 5.13 Å². The normalized spacial score (nSPS) is 11.5. The zero-order chi connectivity index (χ0) is 15.5. The van der Waals surface area contributed by atoms with Gasteiger partial charge < -0.3 is 0 Å². The fourth-order valence-corrected chi connectivity index (χ4v) is 4.49. The molecule has 2 aromatic rings. The molecule has 11 heteroatoms. The summed E-state index contributed by atoms with van der Waals surface area (Å²) < 4.78 is 26.4. The van der Waals surface area contributed by atoms with Gasteiger partial charge in [-0.3, -0.25) is 10.1 Å². The van der Waals surface area contributed by atoms with E-state index in [0.717, 1.165) is 22.8 Å². The molecule has 0 saturated heterocycles. The first-order valence-electron chi connectivity index (χ1n) is 5.78. The van der Waals surface area contributed by atoms with Gasteiger partial charge in [0.05, 0.1) is 10.9 Å². The van der Waals surface area contributed by atoms with E-state index in [1.165, 1.54) is 23.5 Å². The van der Waals surface area contributed by atoms with Crippen LogP contribution >= 0.6 is 34.3 Å². The predicted octanol–water partition coefficient (Wildman–Crippen LogP) is 1.73. The molecular formula is C10H11ClN4O3S3. The number of aryl methyl sites for hydroxylation is 1. The van der Waals surface area contributed by atoms with E-state index in [9.17, 15) is 13.2 Å². The number of nitrogens with one attached hydrogen (secondary N) is 2. The average molecular weight is 367 g/mol. The number of halogens is 1. The molecule has 7 nitrogen and oxygen atoms in total. The van der Waals surface area contributed by atoms with Crippen molar-refractivity contribution in [3.05, 3.63) is 21.5 Å². The smallest absolute Gasteiger partial charge is 0.250 e. The second-order valence-electron chi connectivity index (χ2n) is 3.79. The summed E-state index contributed by atoms with van der Waals surface area (Å²) >= 11 is 7.85. The van der Waals surface area contributed by atoms with Crippen molar-refractivity contribution < 1.29 is 13.2 Å². The molecule has 2 aromatic heterocycles. The Morgan fingerprint density at radius 3 is 2.67 bits per heavy atom. The molecule has 2 rings (SSSR count). The number of thiophene rings is 1. The molecule has 0 aromatic carbocycles. The van der Waals surface area contributed by atoms with Crippen molar-refractivity contribution in [2.75, 3.05) is 11.9 Å². The van der Waals surface area contributed by atoms with Gasteiger partial charge in [0.1, 0.15) is 9.22 Å². The number of amides is 1. The molecule has 0 radical (unpaired) electrons. The molecule has 0 fully saturated rings. The van der Waals surface area contributed by atoms with E-state index < -0.39 is 15.9 Å². The Bertz CT molecular complexity index is 740. The van der Waals surface area contributed by atoms with Crippen LogP contribution in [0.25, 0.3) is 0 Å². The Morgan fingerprint density at radius 1 is 1.33 bits per heavy atom. The number of anilines is 1. The Hall–Kier alpha value is -1.07. The maximum atomic E-state index is 11.9. The van der Waals surface area contributed by atoms with E-state index in [1.54, 1.807) is 0 Å². The minimum atomic E-state index is -3.74. The number of carbonyl (C=O) groups excluding carboxylic acids is 1. The van der Waals surface area contributed by atoms with E-state index >= 15 is 0 Å². The van der Waals surface area contributed by atoms with E-state index in [-0.39, 0.29) is 10.8 Å². The van der Waals surface area contributed by atoms with Gasteiger partial charge in [0.15, 0.2) is 0 Å². The first-order chi connectivity index (χ1) is 9.90. The summed E-state index contributed by atoms with van der Waals surface area (Å²) in [7, 11) is -3.74. The summed E-state index contributed by atoms with van der Waals surface area (Å²) in [5, 5.41) is 11.2. The van der Waals surface area contributed by atoms with Crippen LogP contribution in [0.1, 0.15) is 11.9 Å². The summed E-state index contributed by atoms with van der Waals surface area (Å²) in [6, 6.07) is 2.86.